The molecule has 0 fully saturated rings. The highest BCUT2D eigenvalue weighted by Gasteiger charge is 2.26. The number of benzene rings is 1. The lowest BCUT2D eigenvalue weighted by Crippen LogP contribution is -2.31. The predicted octanol–water partition coefficient (Wildman–Crippen LogP) is 3.42. The van der Waals surface area contributed by atoms with Gasteiger partial charge >= 0.3 is 5.97 Å². The Morgan fingerprint density at radius 3 is 2.82 bits per heavy atom. The quantitative estimate of drug-likeness (QED) is 0.872. The number of hydrogen-bond donors (Lipinski definition) is 2. The fourth-order valence-corrected chi connectivity index (χ4v) is 2.42. The summed E-state index contributed by atoms with van der Waals surface area (Å²) in [6.07, 6.45) is 0. The van der Waals surface area contributed by atoms with Crippen LogP contribution in [0, 0.1) is 5.41 Å². The van der Waals surface area contributed by atoms with Crippen molar-refractivity contribution in [1.29, 1.82) is 0 Å². The first-order chi connectivity index (χ1) is 8.00. The van der Waals surface area contributed by atoms with E-state index in [4.69, 9.17) is 5.11 Å². The summed E-state index contributed by atoms with van der Waals surface area (Å²) in [7, 11) is 0. The van der Waals surface area contributed by atoms with E-state index in [9.17, 15) is 4.79 Å². The topological polar surface area (TPSA) is 49.3 Å². The summed E-state index contributed by atoms with van der Waals surface area (Å²) in [6.45, 7) is 3.86. The first-order valence-electron chi connectivity index (χ1n) is 5.44. The highest BCUT2D eigenvalue weighted by atomic mass is 32.1. The molecule has 2 N–H and O–H groups in total. The maximum absolute atomic E-state index is 11.0. The summed E-state index contributed by atoms with van der Waals surface area (Å²) in [5.41, 5.74) is 0.253. The number of carboxylic acid groups (broad SMARTS) is 1. The Labute approximate surface area is 104 Å². The molecule has 90 valence electrons. The number of carbonyl (C=O) groups is 1. The molecule has 0 spiro atoms. The van der Waals surface area contributed by atoms with Gasteiger partial charge in [-0.25, -0.2) is 0 Å². The molecule has 0 saturated heterocycles. The van der Waals surface area contributed by atoms with Crippen LogP contribution in [0.4, 0.5) is 5.69 Å². The largest absolute Gasteiger partial charge is 0.481 e. The predicted molar refractivity (Wildman–Crippen MR) is 71.7 cm³/mol. The van der Waals surface area contributed by atoms with Crippen LogP contribution in [0.5, 0.6) is 0 Å². The van der Waals surface area contributed by atoms with Gasteiger partial charge in [0.25, 0.3) is 0 Å². The number of anilines is 1. The van der Waals surface area contributed by atoms with Gasteiger partial charge in [0.2, 0.25) is 0 Å². The molecule has 17 heavy (non-hydrogen) atoms. The standard InChI is InChI=1S/C13H15NO2S/c1-13(2,12(15)16)8-14-10-7-17-11-6-4-3-5-9(10)11/h3-7,14H,8H2,1-2H3,(H,15,16). The molecule has 3 nitrogen and oxygen atoms in total. The minimum absolute atomic E-state index is 0.420. The van der Waals surface area contributed by atoms with Crippen LogP contribution in [0.1, 0.15) is 13.8 Å². The van der Waals surface area contributed by atoms with Gasteiger partial charge in [0.05, 0.1) is 11.1 Å². The Morgan fingerprint density at radius 2 is 2.12 bits per heavy atom. The van der Waals surface area contributed by atoms with E-state index in [0.29, 0.717) is 6.54 Å². The number of aliphatic carboxylic acids is 1. The van der Waals surface area contributed by atoms with Crippen molar-refractivity contribution in [3.05, 3.63) is 29.6 Å². The van der Waals surface area contributed by atoms with E-state index in [2.05, 4.69) is 11.4 Å². The maximum Gasteiger partial charge on any atom is 0.310 e. The molecule has 1 aromatic heterocycles. The van der Waals surface area contributed by atoms with Crippen LogP contribution in [0.25, 0.3) is 10.1 Å². The van der Waals surface area contributed by atoms with E-state index in [-0.39, 0.29) is 0 Å². The first-order valence-corrected chi connectivity index (χ1v) is 6.32. The molecule has 0 aliphatic rings. The van der Waals surface area contributed by atoms with E-state index in [1.807, 2.05) is 23.6 Å². The van der Waals surface area contributed by atoms with Gasteiger partial charge in [0.1, 0.15) is 0 Å². The summed E-state index contributed by atoms with van der Waals surface area (Å²) < 4.78 is 1.21. The second-order valence-corrected chi connectivity index (χ2v) is 5.60. The lowest BCUT2D eigenvalue weighted by molar-refractivity contribution is -0.146. The Balaban J connectivity index is 2.17. The molecule has 0 aliphatic heterocycles. The third-order valence-corrected chi connectivity index (χ3v) is 3.74. The van der Waals surface area contributed by atoms with Crippen molar-refractivity contribution in [2.45, 2.75) is 13.8 Å². The smallest absolute Gasteiger partial charge is 0.310 e. The zero-order chi connectivity index (χ0) is 12.5. The second-order valence-electron chi connectivity index (χ2n) is 4.69. The van der Waals surface area contributed by atoms with Gasteiger partial charge in [-0.15, -0.1) is 11.3 Å². The van der Waals surface area contributed by atoms with Crippen LogP contribution < -0.4 is 5.32 Å². The molecule has 0 radical (unpaired) electrons. The van der Waals surface area contributed by atoms with Gasteiger partial charge in [-0.2, -0.15) is 0 Å². The fourth-order valence-electron chi connectivity index (χ4n) is 1.51. The van der Waals surface area contributed by atoms with Gasteiger partial charge in [-0.1, -0.05) is 18.2 Å². The lowest BCUT2D eigenvalue weighted by atomic mass is 9.94. The summed E-state index contributed by atoms with van der Waals surface area (Å²) in [5, 5.41) is 15.4. The number of rotatable bonds is 4. The molecule has 4 heteroatoms. The minimum Gasteiger partial charge on any atom is -0.481 e. The molecule has 0 unspecified atom stereocenters. The fraction of sp³-hybridized carbons (Fsp3) is 0.308. The van der Waals surface area contributed by atoms with Crippen molar-refractivity contribution in [2.24, 2.45) is 5.41 Å². The molecular weight excluding hydrogens is 234 g/mol. The van der Waals surface area contributed by atoms with Crippen LogP contribution >= 0.6 is 11.3 Å². The van der Waals surface area contributed by atoms with Gasteiger partial charge in [0, 0.05) is 22.0 Å². The Morgan fingerprint density at radius 1 is 1.41 bits per heavy atom. The van der Waals surface area contributed by atoms with Crippen molar-refractivity contribution in [2.75, 3.05) is 11.9 Å². The maximum atomic E-state index is 11.0. The third-order valence-electron chi connectivity index (χ3n) is 2.78. The Bertz CT molecular complexity index is 545. The summed E-state index contributed by atoms with van der Waals surface area (Å²) >= 11 is 1.66. The van der Waals surface area contributed by atoms with Crippen LogP contribution in [-0.4, -0.2) is 17.6 Å². The molecule has 1 aromatic carbocycles. The van der Waals surface area contributed by atoms with Crippen molar-refractivity contribution in [3.63, 3.8) is 0 Å². The monoisotopic (exact) mass is 249 g/mol. The van der Waals surface area contributed by atoms with E-state index < -0.39 is 11.4 Å². The van der Waals surface area contributed by atoms with Crippen LogP contribution in [0.3, 0.4) is 0 Å². The van der Waals surface area contributed by atoms with Gasteiger partial charge in [-0.05, 0) is 19.9 Å². The molecule has 0 saturated carbocycles. The molecule has 0 aliphatic carbocycles. The molecule has 2 rings (SSSR count). The van der Waals surface area contributed by atoms with Gasteiger partial charge in [-0.3, -0.25) is 4.79 Å². The van der Waals surface area contributed by atoms with Crippen molar-refractivity contribution >= 4 is 33.1 Å². The molecule has 0 bridgehead atoms. The Hall–Kier alpha value is -1.55. The molecule has 2 aromatic rings. The van der Waals surface area contributed by atoms with Crippen LogP contribution in [-0.2, 0) is 4.79 Å². The molecule has 0 amide bonds. The average molecular weight is 249 g/mol. The normalized spacial score (nSPS) is 11.6. The Kier molecular flexibility index (Phi) is 3.07. The van der Waals surface area contributed by atoms with Crippen LogP contribution in [0.15, 0.2) is 29.6 Å². The minimum atomic E-state index is -0.787. The molecule has 0 atom stereocenters. The highest BCUT2D eigenvalue weighted by molar-refractivity contribution is 7.17. The second kappa shape index (κ2) is 4.37. The lowest BCUT2D eigenvalue weighted by Gasteiger charge is -2.19. The first kappa shape index (κ1) is 11.9. The van der Waals surface area contributed by atoms with E-state index >= 15 is 0 Å². The molecule has 1 heterocycles. The van der Waals surface area contributed by atoms with Gasteiger partial charge < -0.3 is 10.4 Å². The van der Waals surface area contributed by atoms with Gasteiger partial charge in [0.15, 0.2) is 0 Å². The summed E-state index contributed by atoms with van der Waals surface area (Å²) in [5.74, 6) is -0.787. The van der Waals surface area contributed by atoms with E-state index in [1.165, 1.54) is 4.70 Å². The number of hydrogen-bond acceptors (Lipinski definition) is 3. The number of fused-ring (bicyclic) bond motifs is 1. The SMILES string of the molecule is CC(C)(CNc1csc2ccccc12)C(=O)O. The number of nitrogens with one attached hydrogen (secondary N) is 1. The average Bonchev–Trinajstić information content (AvgIpc) is 2.69. The summed E-state index contributed by atoms with van der Waals surface area (Å²) in [4.78, 5) is 11.0. The third kappa shape index (κ3) is 2.42. The number of carboxylic acids is 1. The highest BCUT2D eigenvalue weighted by Crippen LogP contribution is 2.30. The van der Waals surface area contributed by atoms with E-state index in [0.717, 1.165) is 11.1 Å². The van der Waals surface area contributed by atoms with Crippen molar-refractivity contribution < 1.29 is 9.90 Å². The number of thiophene rings is 1. The zero-order valence-corrected chi connectivity index (χ0v) is 10.7. The van der Waals surface area contributed by atoms with E-state index in [1.54, 1.807) is 25.2 Å². The van der Waals surface area contributed by atoms with Crippen LogP contribution in [0.2, 0.25) is 0 Å². The van der Waals surface area contributed by atoms with Crippen molar-refractivity contribution in [1.82, 2.24) is 0 Å². The summed E-state index contributed by atoms with van der Waals surface area (Å²) in [6, 6.07) is 8.10. The van der Waals surface area contributed by atoms with Crippen molar-refractivity contribution in [3.8, 4) is 0 Å². The molecular formula is C13H15NO2S. The zero-order valence-electron chi connectivity index (χ0n) is 9.86.